The molecule has 0 unspecified atom stereocenters. The van der Waals surface area contributed by atoms with Crippen LogP contribution in [-0.4, -0.2) is 13.1 Å². The first-order chi connectivity index (χ1) is 12.1. The number of carboxylic acids is 1. The average Bonchev–Trinajstić information content (AvgIpc) is 2.64. The van der Waals surface area contributed by atoms with Crippen molar-refractivity contribution in [3.8, 4) is 5.75 Å². The van der Waals surface area contributed by atoms with Crippen molar-refractivity contribution < 1.29 is 14.6 Å². The number of benzene rings is 3. The molecule has 4 heteroatoms. The number of ether oxygens (including phenoxy) is 1. The van der Waals surface area contributed by atoms with Crippen LogP contribution in [-0.2, 0) is 15.7 Å². The molecule has 0 bridgehead atoms. The highest BCUT2D eigenvalue weighted by molar-refractivity contribution is 7.97. The van der Waals surface area contributed by atoms with E-state index >= 15 is 0 Å². The maximum absolute atomic E-state index is 8.89. The van der Waals surface area contributed by atoms with Crippen LogP contribution in [0.1, 0.15) is 6.92 Å². The van der Waals surface area contributed by atoms with E-state index in [1.807, 2.05) is 12.1 Å². The number of aliphatic carboxylic acids is 1. The lowest BCUT2D eigenvalue weighted by molar-refractivity contribution is -0.302. The molecule has 0 aliphatic rings. The van der Waals surface area contributed by atoms with Crippen molar-refractivity contribution in [1.29, 1.82) is 0 Å². The van der Waals surface area contributed by atoms with Gasteiger partial charge >= 0.3 is 0 Å². The van der Waals surface area contributed by atoms with Gasteiger partial charge in [0.1, 0.15) is 5.75 Å². The van der Waals surface area contributed by atoms with Gasteiger partial charge in [0.15, 0.2) is 14.7 Å². The van der Waals surface area contributed by atoms with Gasteiger partial charge in [0, 0.05) is 5.97 Å². The van der Waals surface area contributed by atoms with Crippen molar-refractivity contribution in [1.82, 2.24) is 0 Å². The smallest absolute Gasteiger partial charge is 0.166 e. The van der Waals surface area contributed by atoms with Crippen LogP contribution < -0.4 is 9.84 Å². The van der Waals surface area contributed by atoms with E-state index in [1.54, 1.807) is 7.11 Å². The first-order valence-electron chi connectivity index (χ1n) is 7.78. The molecule has 3 aromatic carbocycles. The van der Waals surface area contributed by atoms with E-state index in [1.165, 1.54) is 14.7 Å². The van der Waals surface area contributed by atoms with Gasteiger partial charge in [-0.25, -0.2) is 0 Å². The molecule has 0 radical (unpaired) electrons. The summed E-state index contributed by atoms with van der Waals surface area (Å²) in [6.45, 7) is 0.972. The van der Waals surface area contributed by atoms with Crippen LogP contribution in [0.2, 0.25) is 0 Å². The van der Waals surface area contributed by atoms with Crippen molar-refractivity contribution in [2.45, 2.75) is 21.6 Å². The molecule has 0 aliphatic heterocycles. The monoisotopic (exact) mass is 352 g/mol. The summed E-state index contributed by atoms with van der Waals surface area (Å²) in [4.78, 5) is 12.8. The predicted molar refractivity (Wildman–Crippen MR) is 98.7 cm³/mol. The molecule has 0 spiro atoms. The van der Waals surface area contributed by atoms with Crippen molar-refractivity contribution in [3.63, 3.8) is 0 Å². The Kier molecular flexibility index (Phi) is 7.11. The van der Waals surface area contributed by atoms with Crippen molar-refractivity contribution in [3.05, 3.63) is 84.9 Å². The van der Waals surface area contributed by atoms with Crippen LogP contribution in [0.25, 0.3) is 0 Å². The summed E-state index contributed by atoms with van der Waals surface area (Å²) in [7, 11) is 1.62. The Morgan fingerprint density at radius 1 is 0.760 bits per heavy atom. The molecular weight excluding hydrogens is 332 g/mol. The second-order valence-corrected chi connectivity index (χ2v) is 7.13. The average molecular weight is 352 g/mol. The zero-order chi connectivity index (χ0) is 18.1. The number of rotatable bonds is 4. The Balaban J connectivity index is 0.000000511. The molecule has 0 amide bonds. The summed E-state index contributed by atoms with van der Waals surface area (Å²) in [5.74, 6) is -0.191. The lowest BCUT2D eigenvalue weighted by atomic mass is 10.3. The molecule has 3 rings (SSSR count). The van der Waals surface area contributed by atoms with Gasteiger partial charge < -0.3 is 14.6 Å². The standard InChI is InChI=1S/C19H17OS.C2H4O2/c1-20-16-12-14-19(15-13-16)21(17-8-4-2-5-9-17)18-10-6-3-7-11-18;1-2(3)4/h2-15H,1H3;1H3,(H,3,4)/q+1;/p-1. The lowest BCUT2D eigenvalue weighted by Crippen LogP contribution is -2.16. The predicted octanol–water partition coefficient (Wildman–Crippen LogP) is 3.55. The minimum atomic E-state index is -1.08. The van der Waals surface area contributed by atoms with Gasteiger partial charge in [0.25, 0.3) is 0 Å². The van der Waals surface area contributed by atoms with E-state index < -0.39 is 5.97 Å². The van der Waals surface area contributed by atoms with Crippen molar-refractivity contribution >= 4 is 16.9 Å². The summed E-state index contributed by atoms with van der Waals surface area (Å²) in [6.07, 6.45) is 0. The Labute approximate surface area is 151 Å². The molecule has 0 N–H and O–H groups in total. The minimum Gasteiger partial charge on any atom is -0.550 e. The zero-order valence-corrected chi connectivity index (χ0v) is 15.0. The summed E-state index contributed by atoms with van der Waals surface area (Å²) in [5, 5.41) is 8.89. The third-order valence-electron chi connectivity index (χ3n) is 3.25. The molecule has 0 heterocycles. The first-order valence-corrected chi connectivity index (χ1v) is 9.00. The fraction of sp³-hybridized carbons (Fsp3) is 0.0952. The van der Waals surface area contributed by atoms with Crippen LogP contribution in [0.15, 0.2) is 99.6 Å². The SMILES string of the molecule is CC(=O)[O-].COc1ccc([S+](c2ccccc2)c2ccccc2)cc1. The highest BCUT2D eigenvalue weighted by Crippen LogP contribution is 2.31. The number of carbonyl (C=O) groups is 1. The van der Waals surface area contributed by atoms with E-state index in [0.29, 0.717) is 0 Å². The van der Waals surface area contributed by atoms with Crippen LogP contribution in [0.4, 0.5) is 0 Å². The quantitative estimate of drug-likeness (QED) is 0.675. The normalized spacial score (nSPS) is 9.88. The second-order valence-electron chi connectivity index (χ2n) is 5.10. The molecule has 3 aromatic rings. The first kappa shape index (κ1) is 18.6. The third-order valence-corrected chi connectivity index (χ3v) is 5.48. The molecule has 0 aromatic heterocycles. The fourth-order valence-corrected chi connectivity index (χ4v) is 4.32. The lowest BCUT2D eigenvalue weighted by Gasteiger charge is -2.08. The molecule has 0 saturated heterocycles. The number of hydrogen-bond donors (Lipinski definition) is 0. The molecule has 0 saturated carbocycles. The Morgan fingerprint density at radius 3 is 1.48 bits per heavy atom. The van der Waals surface area contributed by atoms with Gasteiger partial charge in [-0.1, -0.05) is 36.4 Å². The minimum absolute atomic E-state index is 0.0804. The second kappa shape index (κ2) is 9.55. The van der Waals surface area contributed by atoms with Gasteiger partial charge in [0.2, 0.25) is 0 Å². The van der Waals surface area contributed by atoms with Gasteiger partial charge in [-0.3, -0.25) is 0 Å². The highest BCUT2D eigenvalue weighted by Gasteiger charge is 2.27. The molecule has 3 nitrogen and oxygen atoms in total. The maximum Gasteiger partial charge on any atom is 0.166 e. The molecule has 128 valence electrons. The maximum atomic E-state index is 8.89. The number of carboxylic acid groups (broad SMARTS) is 1. The Morgan fingerprint density at radius 2 is 1.12 bits per heavy atom. The van der Waals surface area contributed by atoms with Crippen molar-refractivity contribution in [2.75, 3.05) is 7.11 Å². The van der Waals surface area contributed by atoms with E-state index in [2.05, 4.69) is 72.8 Å². The van der Waals surface area contributed by atoms with E-state index in [0.717, 1.165) is 12.7 Å². The number of hydrogen-bond acceptors (Lipinski definition) is 3. The van der Waals surface area contributed by atoms with Crippen molar-refractivity contribution in [2.24, 2.45) is 0 Å². The molecule has 25 heavy (non-hydrogen) atoms. The number of carbonyl (C=O) groups excluding carboxylic acids is 1. The van der Waals surface area contributed by atoms with Crippen LogP contribution in [0, 0.1) is 0 Å². The summed E-state index contributed by atoms with van der Waals surface area (Å²) in [5.41, 5.74) is 0. The highest BCUT2D eigenvalue weighted by atomic mass is 32.2. The summed E-state index contributed by atoms with van der Waals surface area (Å²) in [6, 6.07) is 29.7. The number of methoxy groups -OCH3 is 1. The summed E-state index contributed by atoms with van der Waals surface area (Å²) >= 11 is 0. The third kappa shape index (κ3) is 5.69. The van der Waals surface area contributed by atoms with Gasteiger partial charge in [-0.2, -0.15) is 0 Å². The fourth-order valence-electron chi connectivity index (χ4n) is 2.23. The van der Waals surface area contributed by atoms with Gasteiger partial charge in [-0.15, -0.1) is 0 Å². The Bertz CT molecular complexity index is 728. The van der Waals surface area contributed by atoms with Crippen LogP contribution in [0.3, 0.4) is 0 Å². The largest absolute Gasteiger partial charge is 0.550 e. The van der Waals surface area contributed by atoms with E-state index in [-0.39, 0.29) is 10.9 Å². The van der Waals surface area contributed by atoms with Crippen LogP contribution in [0.5, 0.6) is 5.75 Å². The topological polar surface area (TPSA) is 49.4 Å². The summed E-state index contributed by atoms with van der Waals surface area (Å²) < 4.78 is 5.26. The van der Waals surface area contributed by atoms with Gasteiger partial charge in [0.05, 0.1) is 18.0 Å². The zero-order valence-electron chi connectivity index (χ0n) is 14.2. The Hall–Kier alpha value is -2.72. The molecular formula is C21H20O3S. The molecule has 0 aliphatic carbocycles. The van der Waals surface area contributed by atoms with E-state index in [9.17, 15) is 0 Å². The molecule has 0 atom stereocenters. The van der Waals surface area contributed by atoms with E-state index in [4.69, 9.17) is 14.6 Å². The molecule has 0 fully saturated rings. The van der Waals surface area contributed by atoms with Gasteiger partial charge in [-0.05, 0) is 55.5 Å². The van der Waals surface area contributed by atoms with Crippen LogP contribution >= 0.6 is 0 Å².